The van der Waals surface area contributed by atoms with E-state index in [9.17, 15) is 4.79 Å². The first-order valence-corrected chi connectivity index (χ1v) is 14.1. The van der Waals surface area contributed by atoms with Gasteiger partial charge in [-0.05, 0) is 42.9 Å². The van der Waals surface area contributed by atoms with Crippen LogP contribution in [-0.2, 0) is 29.5 Å². The molecule has 6 rings (SSSR count). The molecule has 4 aliphatic rings. The van der Waals surface area contributed by atoms with Crippen LogP contribution in [0.25, 0.3) is 11.0 Å². The van der Waals surface area contributed by atoms with E-state index in [0.717, 1.165) is 83.0 Å². The van der Waals surface area contributed by atoms with Crippen molar-refractivity contribution in [3.05, 3.63) is 23.4 Å². The second-order valence-corrected chi connectivity index (χ2v) is 11.5. The number of ether oxygens (including phenoxy) is 1. The van der Waals surface area contributed by atoms with Crippen molar-refractivity contribution in [1.82, 2.24) is 24.3 Å². The molecule has 0 bridgehead atoms. The largest absolute Gasteiger partial charge is 0.378 e. The quantitative estimate of drug-likeness (QED) is 0.637. The lowest BCUT2D eigenvalue weighted by Crippen LogP contribution is -2.56. The normalized spacial score (nSPS) is 24.4. The number of carbonyl (C=O) groups is 1. The van der Waals surface area contributed by atoms with Gasteiger partial charge in [-0.3, -0.25) is 14.6 Å². The van der Waals surface area contributed by atoms with Crippen LogP contribution < -0.4 is 4.90 Å². The fourth-order valence-electron chi connectivity index (χ4n) is 6.65. The van der Waals surface area contributed by atoms with E-state index in [1.54, 1.807) is 0 Å². The second-order valence-electron chi connectivity index (χ2n) is 11.5. The first-order chi connectivity index (χ1) is 17.5. The zero-order chi connectivity index (χ0) is 24.8. The molecule has 1 atom stereocenters. The Hall–Kier alpha value is -2.16. The lowest BCUT2D eigenvalue weighted by atomic mass is 9.89. The number of nitrogens with zero attached hydrogens (tertiary/aromatic N) is 6. The summed E-state index contributed by atoms with van der Waals surface area (Å²) >= 11 is 0. The molecule has 2 aromatic heterocycles. The standard InChI is InChI=1S/C28H42N6O2/c1-20(2)24-17-23-22-7-8-26(32-13-15-36-16-14-32)29-28(22)30(3)25(23)18-34(24)19-27(35)33-11-9-31(10-12-33)21-5-4-6-21/h7-8,20-21,24H,4-6,9-19H2,1-3H3. The van der Waals surface area contributed by atoms with Gasteiger partial charge in [0.2, 0.25) is 5.91 Å². The lowest BCUT2D eigenvalue weighted by Gasteiger charge is -2.44. The van der Waals surface area contributed by atoms with E-state index >= 15 is 0 Å². The van der Waals surface area contributed by atoms with E-state index in [1.807, 2.05) is 0 Å². The van der Waals surface area contributed by atoms with E-state index in [0.29, 0.717) is 24.4 Å². The number of morpholine rings is 1. The first-order valence-electron chi connectivity index (χ1n) is 14.1. The Kier molecular flexibility index (Phi) is 6.69. The number of aromatic nitrogens is 2. The zero-order valence-electron chi connectivity index (χ0n) is 22.3. The lowest BCUT2D eigenvalue weighted by molar-refractivity contribution is -0.136. The summed E-state index contributed by atoms with van der Waals surface area (Å²) in [5.41, 5.74) is 3.80. The highest BCUT2D eigenvalue weighted by molar-refractivity contribution is 5.84. The van der Waals surface area contributed by atoms with Crippen LogP contribution in [0.1, 0.15) is 44.4 Å². The van der Waals surface area contributed by atoms with Gasteiger partial charge in [0.25, 0.3) is 0 Å². The highest BCUT2D eigenvalue weighted by Gasteiger charge is 2.35. The molecule has 196 valence electrons. The van der Waals surface area contributed by atoms with E-state index < -0.39 is 0 Å². The molecule has 2 aromatic rings. The van der Waals surface area contributed by atoms with Crippen LogP contribution in [0.4, 0.5) is 5.82 Å². The Balaban J connectivity index is 1.19. The topological polar surface area (TPSA) is 57.1 Å². The number of aryl methyl sites for hydroxylation is 1. The molecule has 0 radical (unpaired) electrons. The molecule has 0 spiro atoms. The molecule has 2 saturated heterocycles. The van der Waals surface area contributed by atoms with Gasteiger partial charge in [0.05, 0.1) is 19.8 Å². The smallest absolute Gasteiger partial charge is 0.236 e. The fourth-order valence-corrected chi connectivity index (χ4v) is 6.65. The summed E-state index contributed by atoms with van der Waals surface area (Å²) in [4.78, 5) is 28.0. The van der Waals surface area contributed by atoms with Crippen molar-refractivity contribution in [2.24, 2.45) is 13.0 Å². The average Bonchev–Trinajstić information content (AvgIpc) is 3.14. The number of carbonyl (C=O) groups excluding carboxylic acids is 1. The Morgan fingerprint density at radius 1 is 1.08 bits per heavy atom. The number of rotatable bonds is 5. The Morgan fingerprint density at radius 2 is 1.83 bits per heavy atom. The van der Waals surface area contributed by atoms with Gasteiger partial charge in [-0.15, -0.1) is 0 Å². The Morgan fingerprint density at radius 3 is 2.50 bits per heavy atom. The Labute approximate surface area is 215 Å². The second kappa shape index (κ2) is 9.95. The molecule has 8 nitrogen and oxygen atoms in total. The van der Waals surface area contributed by atoms with E-state index in [4.69, 9.17) is 9.72 Å². The first kappa shape index (κ1) is 24.2. The molecular weight excluding hydrogens is 452 g/mol. The van der Waals surface area contributed by atoms with Crippen LogP contribution in [0.5, 0.6) is 0 Å². The summed E-state index contributed by atoms with van der Waals surface area (Å²) in [7, 11) is 2.15. The van der Waals surface area contributed by atoms with Gasteiger partial charge in [0.1, 0.15) is 11.5 Å². The summed E-state index contributed by atoms with van der Waals surface area (Å²) < 4.78 is 7.81. The van der Waals surface area contributed by atoms with Crippen LogP contribution in [0.3, 0.4) is 0 Å². The predicted octanol–water partition coefficient (Wildman–Crippen LogP) is 2.49. The minimum absolute atomic E-state index is 0.295. The highest BCUT2D eigenvalue weighted by Crippen LogP contribution is 2.35. The van der Waals surface area contributed by atoms with Crippen LogP contribution in [0.15, 0.2) is 12.1 Å². The van der Waals surface area contributed by atoms with Crippen molar-refractivity contribution in [1.29, 1.82) is 0 Å². The van der Waals surface area contributed by atoms with Crippen LogP contribution >= 0.6 is 0 Å². The number of piperazine rings is 1. The third-order valence-corrected chi connectivity index (χ3v) is 9.19. The highest BCUT2D eigenvalue weighted by atomic mass is 16.5. The number of amides is 1. The van der Waals surface area contributed by atoms with Crippen molar-refractivity contribution < 1.29 is 9.53 Å². The minimum atomic E-state index is 0.295. The monoisotopic (exact) mass is 494 g/mol. The SMILES string of the molecule is CC(C)C1Cc2c(n(C)c3nc(N4CCOCC4)ccc23)CN1CC(=O)N1CCN(C2CCC2)CC1. The van der Waals surface area contributed by atoms with Gasteiger partial charge in [0, 0.05) is 76.0 Å². The summed E-state index contributed by atoms with van der Waals surface area (Å²) in [6.45, 7) is 13.1. The van der Waals surface area contributed by atoms with Gasteiger partial charge < -0.3 is 19.1 Å². The number of hydrogen-bond donors (Lipinski definition) is 0. The molecule has 1 aliphatic carbocycles. The molecule has 1 unspecified atom stereocenters. The van der Waals surface area contributed by atoms with Crippen molar-refractivity contribution in [2.45, 2.75) is 58.2 Å². The van der Waals surface area contributed by atoms with Crippen molar-refractivity contribution in [3.8, 4) is 0 Å². The number of hydrogen-bond acceptors (Lipinski definition) is 6. The van der Waals surface area contributed by atoms with Crippen LogP contribution in [0.2, 0.25) is 0 Å². The molecular formula is C28H42N6O2. The van der Waals surface area contributed by atoms with Gasteiger partial charge in [-0.2, -0.15) is 0 Å². The van der Waals surface area contributed by atoms with Gasteiger partial charge >= 0.3 is 0 Å². The van der Waals surface area contributed by atoms with Crippen molar-refractivity contribution >= 4 is 22.8 Å². The molecule has 3 aliphatic heterocycles. The fraction of sp³-hybridized carbons (Fsp3) is 0.714. The van der Waals surface area contributed by atoms with Gasteiger partial charge in [0.15, 0.2) is 0 Å². The summed E-state index contributed by atoms with van der Waals surface area (Å²) in [6, 6.07) is 5.59. The van der Waals surface area contributed by atoms with Crippen molar-refractivity contribution in [2.75, 3.05) is 63.9 Å². The minimum Gasteiger partial charge on any atom is -0.378 e. The summed E-state index contributed by atoms with van der Waals surface area (Å²) in [6.07, 6.45) is 5.03. The maximum absolute atomic E-state index is 13.4. The predicted molar refractivity (Wildman–Crippen MR) is 142 cm³/mol. The molecule has 5 heterocycles. The number of anilines is 1. The average molecular weight is 495 g/mol. The van der Waals surface area contributed by atoms with Crippen molar-refractivity contribution in [3.63, 3.8) is 0 Å². The molecule has 8 heteroatoms. The third-order valence-electron chi connectivity index (χ3n) is 9.19. The third kappa shape index (κ3) is 4.41. The molecule has 0 N–H and O–H groups in total. The van der Waals surface area contributed by atoms with E-state index in [2.05, 4.69) is 57.2 Å². The van der Waals surface area contributed by atoms with Gasteiger partial charge in [-0.1, -0.05) is 20.3 Å². The van der Waals surface area contributed by atoms with E-state index in [-0.39, 0.29) is 0 Å². The molecule has 3 fully saturated rings. The maximum Gasteiger partial charge on any atom is 0.236 e. The summed E-state index contributed by atoms with van der Waals surface area (Å²) in [5, 5.41) is 1.27. The summed E-state index contributed by atoms with van der Waals surface area (Å²) in [5.74, 6) is 1.82. The molecule has 0 aromatic carbocycles. The molecule has 1 amide bonds. The van der Waals surface area contributed by atoms with Gasteiger partial charge in [-0.25, -0.2) is 4.98 Å². The number of pyridine rings is 1. The molecule has 1 saturated carbocycles. The molecule has 36 heavy (non-hydrogen) atoms. The Bertz CT molecular complexity index is 1100. The van der Waals surface area contributed by atoms with Crippen LogP contribution in [-0.4, -0.2) is 101 Å². The zero-order valence-corrected chi connectivity index (χ0v) is 22.3. The van der Waals surface area contributed by atoms with E-state index in [1.165, 1.54) is 35.9 Å². The van der Waals surface area contributed by atoms with Crippen LogP contribution in [0, 0.1) is 5.92 Å². The maximum atomic E-state index is 13.4. The number of fused-ring (bicyclic) bond motifs is 3.